The smallest absolute Gasteiger partial charge is 0.416 e. The van der Waals surface area contributed by atoms with Gasteiger partial charge < -0.3 is 14.2 Å². The van der Waals surface area contributed by atoms with Crippen LogP contribution in [0.2, 0.25) is 0 Å². The normalized spacial score (nSPS) is 19.8. The summed E-state index contributed by atoms with van der Waals surface area (Å²) < 4.78 is 96.7. The second-order valence-electron chi connectivity index (χ2n) is 8.95. The fourth-order valence-corrected chi connectivity index (χ4v) is 5.86. The van der Waals surface area contributed by atoms with Crippen LogP contribution in [0.3, 0.4) is 0 Å². The van der Waals surface area contributed by atoms with E-state index in [1.54, 1.807) is 6.07 Å². The molecule has 0 unspecified atom stereocenters. The highest BCUT2D eigenvalue weighted by molar-refractivity contribution is 7.90. The number of halogens is 4. The van der Waals surface area contributed by atoms with E-state index < -0.39 is 33.3 Å². The fourth-order valence-electron chi connectivity index (χ4n) is 4.58. The first-order valence-electron chi connectivity index (χ1n) is 11.7. The number of hydrogen-bond acceptors (Lipinski definition) is 6. The van der Waals surface area contributed by atoms with Crippen LogP contribution in [-0.2, 0) is 26.5 Å². The van der Waals surface area contributed by atoms with Gasteiger partial charge in [-0.25, -0.2) is 13.4 Å². The maximum atomic E-state index is 13.4. The minimum Gasteiger partial charge on any atom is -0.493 e. The van der Waals surface area contributed by atoms with E-state index in [1.807, 2.05) is 0 Å². The van der Waals surface area contributed by atoms with Crippen molar-refractivity contribution in [3.8, 4) is 11.5 Å². The molecule has 37 heavy (non-hydrogen) atoms. The number of pyridine rings is 1. The summed E-state index contributed by atoms with van der Waals surface area (Å²) in [5.74, 6) is -1.20. The van der Waals surface area contributed by atoms with Crippen LogP contribution in [0.15, 0.2) is 59.5 Å². The number of alkyl halides is 3. The van der Waals surface area contributed by atoms with Gasteiger partial charge in [0, 0.05) is 23.5 Å². The molecule has 2 atom stereocenters. The lowest BCUT2D eigenvalue weighted by Crippen LogP contribution is -2.21. The first-order valence-corrected chi connectivity index (χ1v) is 13.3. The lowest BCUT2D eigenvalue weighted by molar-refractivity contribution is -0.137. The summed E-state index contributed by atoms with van der Waals surface area (Å²) in [5.41, 5.74) is 0.453. The maximum absolute atomic E-state index is 13.4. The van der Waals surface area contributed by atoms with Crippen molar-refractivity contribution in [2.24, 2.45) is 0 Å². The van der Waals surface area contributed by atoms with Crippen LogP contribution in [0.4, 0.5) is 17.6 Å². The Bertz CT molecular complexity index is 1400. The molecule has 1 saturated heterocycles. The quantitative estimate of drug-likeness (QED) is 0.314. The SMILES string of the molecule is O=S(=O)(Cc1cccc(F)n1)c1ccc2c(c1)OCC[C@@H]2c1ccc(C(F)(F)F)cc1O[C@H]1CCOC1. The van der Waals surface area contributed by atoms with Crippen molar-refractivity contribution >= 4 is 9.84 Å². The van der Waals surface area contributed by atoms with E-state index in [9.17, 15) is 26.0 Å². The molecule has 1 fully saturated rings. The van der Waals surface area contributed by atoms with Crippen molar-refractivity contribution in [2.45, 2.75) is 41.7 Å². The fraction of sp³-hybridized carbons (Fsp3) is 0.346. The van der Waals surface area contributed by atoms with Gasteiger partial charge in [0.1, 0.15) is 17.6 Å². The van der Waals surface area contributed by atoms with Gasteiger partial charge in [0.2, 0.25) is 5.95 Å². The van der Waals surface area contributed by atoms with Crippen molar-refractivity contribution in [1.82, 2.24) is 4.98 Å². The van der Waals surface area contributed by atoms with Crippen LogP contribution >= 0.6 is 0 Å². The van der Waals surface area contributed by atoms with Gasteiger partial charge in [0.05, 0.1) is 41.7 Å². The van der Waals surface area contributed by atoms with Crippen LogP contribution in [0.5, 0.6) is 11.5 Å². The molecule has 0 aliphatic carbocycles. The number of nitrogens with zero attached hydrogens (tertiary/aromatic N) is 1. The summed E-state index contributed by atoms with van der Waals surface area (Å²) in [6.45, 7) is 1.00. The number of ether oxygens (including phenoxy) is 3. The predicted molar refractivity (Wildman–Crippen MR) is 125 cm³/mol. The van der Waals surface area contributed by atoms with Crippen molar-refractivity contribution in [3.05, 3.63) is 82.9 Å². The first kappa shape index (κ1) is 25.5. The third kappa shape index (κ3) is 5.57. The molecule has 1 aromatic heterocycles. The van der Waals surface area contributed by atoms with E-state index in [0.29, 0.717) is 42.9 Å². The van der Waals surface area contributed by atoms with E-state index in [2.05, 4.69) is 4.98 Å². The lowest BCUT2D eigenvalue weighted by atomic mass is 9.85. The zero-order valence-electron chi connectivity index (χ0n) is 19.5. The standard InChI is InChI=1S/C26H23F4NO5S/c27-25-3-1-2-17(31-25)15-37(32,33)19-5-7-21-20(9-11-35-23(21)13-19)22-6-4-16(26(28,29)30)12-24(22)36-18-8-10-34-14-18/h1-7,12-13,18,20H,8-11,14-15H2/t18-,20-/m0/s1. The van der Waals surface area contributed by atoms with Crippen molar-refractivity contribution < 1.29 is 40.2 Å². The van der Waals surface area contributed by atoms with Crippen LogP contribution in [-0.4, -0.2) is 39.3 Å². The first-order chi connectivity index (χ1) is 17.6. The monoisotopic (exact) mass is 537 g/mol. The molecule has 196 valence electrons. The molecular formula is C26H23F4NO5S. The third-order valence-electron chi connectivity index (χ3n) is 6.39. The van der Waals surface area contributed by atoms with Crippen molar-refractivity contribution in [3.63, 3.8) is 0 Å². The summed E-state index contributed by atoms with van der Waals surface area (Å²) in [6.07, 6.45) is -3.85. The molecular weight excluding hydrogens is 514 g/mol. The third-order valence-corrected chi connectivity index (χ3v) is 8.04. The lowest BCUT2D eigenvalue weighted by Gasteiger charge is -2.29. The highest BCUT2D eigenvalue weighted by Gasteiger charge is 2.34. The minimum atomic E-state index is -4.53. The van der Waals surface area contributed by atoms with Crippen LogP contribution < -0.4 is 9.47 Å². The molecule has 6 nitrogen and oxygen atoms in total. The number of aromatic nitrogens is 1. The zero-order chi connectivity index (χ0) is 26.2. The average Bonchev–Trinajstić information content (AvgIpc) is 3.36. The van der Waals surface area contributed by atoms with Crippen LogP contribution in [0, 0.1) is 5.95 Å². The molecule has 0 radical (unpaired) electrons. The largest absolute Gasteiger partial charge is 0.493 e. The average molecular weight is 538 g/mol. The molecule has 0 N–H and O–H groups in total. The molecule has 0 spiro atoms. The number of hydrogen-bond donors (Lipinski definition) is 0. The Hall–Kier alpha value is -3.18. The van der Waals surface area contributed by atoms with Gasteiger partial charge in [-0.2, -0.15) is 17.6 Å². The molecule has 2 aromatic carbocycles. The summed E-state index contributed by atoms with van der Waals surface area (Å²) in [6, 6.07) is 11.8. The van der Waals surface area contributed by atoms with E-state index in [-0.39, 0.29) is 35.0 Å². The number of fused-ring (bicyclic) bond motifs is 1. The van der Waals surface area contributed by atoms with E-state index in [4.69, 9.17) is 14.2 Å². The summed E-state index contributed by atoms with van der Waals surface area (Å²) >= 11 is 0. The van der Waals surface area contributed by atoms with Gasteiger partial charge in [-0.15, -0.1) is 0 Å². The summed E-state index contributed by atoms with van der Waals surface area (Å²) in [7, 11) is -3.86. The van der Waals surface area contributed by atoms with Crippen LogP contribution in [0.25, 0.3) is 0 Å². The topological polar surface area (TPSA) is 74.7 Å². The van der Waals surface area contributed by atoms with Gasteiger partial charge in [-0.05, 0) is 42.8 Å². The highest BCUT2D eigenvalue weighted by Crippen LogP contribution is 2.44. The second kappa shape index (κ2) is 9.94. The highest BCUT2D eigenvalue weighted by atomic mass is 32.2. The van der Waals surface area contributed by atoms with Crippen LogP contribution in [0.1, 0.15) is 41.1 Å². The molecule has 2 aliphatic rings. The summed E-state index contributed by atoms with van der Waals surface area (Å²) in [4.78, 5) is 3.60. The molecule has 11 heteroatoms. The summed E-state index contributed by atoms with van der Waals surface area (Å²) in [5, 5.41) is 0. The Labute approximate surface area is 211 Å². The molecule has 3 heterocycles. The Morgan fingerprint density at radius 1 is 1.00 bits per heavy atom. The predicted octanol–water partition coefficient (Wildman–Crippen LogP) is 5.30. The number of sulfone groups is 1. The van der Waals surface area contributed by atoms with Gasteiger partial charge in [0.25, 0.3) is 0 Å². The van der Waals surface area contributed by atoms with Crippen molar-refractivity contribution in [1.29, 1.82) is 0 Å². The molecule has 0 saturated carbocycles. The van der Waals surface area contributed by atoms with E-state index in [0.717, 1.165) is 18.2 Å². The minimum absolute atomic E-state index is 0.0232. The number of benzene rings is 2. The molecule has 0 amide bonds. The van der Waals surface area contributed by atoms with Gasteiger partial charge in [0.15, 0.2) is 9.84 Å². The molecule has 3 aromatic rings. The van der Waals surface area contributed by atoms with Crippen molar-refractivity contribution in [2.75, 3.05) is 19.8 Å². The molecule has 5 rings (SSSR count). The van der Waals surface area contributed by atoms with Gasteiger partial charge in [-0.3, -0.25) is 0 Å². The maximum Gasteiger partial charge on any atom is 0.416 e. The number of rotatable bonds is 6. The Morgan fingerprint density at radius 3 is 2.54 bits per heavy atom. The van der Waals surface area contributed by atoms with E-state index in [1.165, 1.54) is 30.3 Å². The van der Waals surface area contributed by atoms with Gasteiger partial charge >= 0.3 is 6.18 Å². The zero-order valence-corrected chi connectivity index (χ0v) is 20.3. The Kier molecular flexibility index (Phi) is 6.84. The molecule has 2 aliphatic heterocycles. The Morgan fingerprint density at radius 2 is 1.81 bits per heavy atom. The van der Waals surface area contributed by atoms with E-state index >= 15 is 0 Å². The Balaban J connectivity index is 1.48. The second-order valence-corrected chi connectivity index (χ2v) is 10.9. The van der Waals surface area contributed by atoms with Gasteiger partial charge in [-0.1, -0.05) is 18.2 Å². The molecule has 0 bridgehead atoms.